The van der Waals surface area contributed by atoms with Gasteiger partial charge in [-0.3, -0.25) is 9.71 Å². The lowest BCUT2D eigenvalue weighted by Gasteiger charge is -2.28. The maximum atomic E-state index is 11.9. The van der Waals surface area contributed by atoms with Crippen molar-refractivity contribution in [1.29, 1.82) is 0 Å². The molecule has 40 heavy (non-hydrogen) atoms. The van der Waals surface area contributed by atoms with Crippen LogP contribution in [0.15, 0.2) is 79.0 Å². The van der Waals surface area contributed by atoms with E-state index in [0.717, 1.165) is 40.3 Å². The number of nitrogens with one attached hydrogen (secondary N) is 2. The lowest BCUT2D eigenvalue weighted by molar-refractivity contribution is 0.0600. The molecule has 1 fully saturated rings. The highest BCUT2D eigenvalue weighted by molar-refractivity contribution is 7.92. The Balaban J connectivity index is 1.59. The Bertz CT molecular complexity index is 1670. The van der Waals surface area contributed by atoms with Crippen LogP contribution < -0.4 is 14.9 Å². The van der Waals surface area contributed by atoms with E-state index in [-0.39, 0.29) is 18.1 Å². The number of benzene rings is 2. The molecule has 0 aliphatic carbocycles. The molecular formula is C29H29N5O4S2. The van der Waals surface area contributed by atoms with Crippen LogP contribution in [0.25, 0.3) is 5.69 Å². The Morgan fingerprint density at radius 3 is 2.30 bits per heavy atom. The van der Waals surface area contributed by atoms with E-state index in [1.165, 1.54) is 7.11 Å². The molecule has 206 valence electrons. The average Bonchev–Trinajstić information content (AvgIpc) is 3.43. The van der Waals surface area contributed by atoms with Gasteiger partial charge in [0.05, 0.1) is 36.7 Å². The Hall–Kier alpha value is -4.22. The monoisotopic (exact) mass is 575 g/mol. The first-order valence-corrected chi connectivity index (χ1v) is 14.8. The molecule has 9 nitrogen and oxygen atoms in total. The largest absolute Gasteiger partial charge is 0.465 e. The maximum Gasteiger partial charge on any atom is 0.337 e. The quantitative estimate of drug-likeness (QED) is 0.239. The molecule has 5 rings (SSSR count). The maximum absolute atomic E-state index is 11.9. The zero-order valence-electron chi connectivity index (χ0n) is 22.5. The van der Waals surface area contributed by atoms with Crippen LogP contribution in [0.5, 0.6) is 0 Å². The van der Waals surface area contributed by atoms with E-state index < -0.39 is 10.0 Å². The van der Waals surface area contributed by atoms with Gasteiger partial charge in [-0.2, -0.15) is 0 Å². The summed E-state index contributed by atoms with van der Waals surface area (Å²) in [7, 11) is -2.04. The van der Waals surface area contributed by atoms with Crippen LogP contribution in [0.2, 0.25) is 0 Å². The number of nitrogens with zero attached hydrogens (tertiary/aromatic N) is 3. The Morgan fingerprint density at radius 2 is 1.70 bits per heavy atom. The van der Waals surface area contributed by atoms with Gasteiger partial charge in [-0.15, -0.1) is 0 Å². The van der Waals surface area contributed by atoms with Crippen molar-refractivity contribution in [3.05, 3.63) is 107 Å². The Morgan fingerprint density at radius 1 is 1.02 bits per heavy atom. The highest BCUT2D eigenvalue weighted by atomic mass is 32.2. The first kappa shape index (κ1) is 27.4. The number of carbonyl (C=O) groups is 1. The summed E-state index contributed by atoms with van der Waals surface area (Å²) in [6.07, 6.45) is 2.88. The molecule has 0 radical (unpaired) electrons. The molecule has 2 N–H and O–H groups in total. The fraction of sp³-hybridized carbons (Fsp3) is 0.207. The van der Waals surface area contributed by atoms with E-state index in [0.29, 0.717) is 16.4 Å². The Labute approximate surface area is 238 Å². The van der Waals surface area contributed by atoms with Gasteiger partial charge < -0.3 is 19.5 Å². The predicted molar refractivity (Wildman–Crippen MR) is 159 cm³/mol. The second-order valence-corrected chi connectivity index (χ2v) is 11.8. The lowest BCUT2D eigenvalue weighted by atomic mass is 9.96. The number of rotatable bonds is 7. The topological polar surface area (TPSA) is 106 Å². The molecule has 11 heteroatoms. The summed E-state index contributed by atoms with van der Waals surface area (Å²) in [6, 6.07) is 21.9. The summed E-state index contributed by atoms with van der Waals surface area (Å²) < 4.78 is 32.9. The zero-order valence-corrected chi connectivity index (χ0v) is 24.1. The van der Waals surface area contributed by atoms with Crippen LogP contribution in [-0.2, 0) is 14.8 Å². The number of carbonyl (C=O) groups excluding carboxylic acids is 1. The van der Waals surface area contributed by atoms with Crippen molar-refractivity contribution in [1.82, 2.24) is 14.9 Å². The van der Waals surface area contributed by atoms with Crippen molar-refractivity contribution in [2.24, 2.45) is 0 Å². The predicted octanol–water partition coefficient (Wildman–Crippen LogP) is 4.82. The number of aryl methyl sites for hydroxylation is 1. The summed E-state index contributed by atoms with van der Waals surface area (Å²) in [5.74, 6) is -0.384. The number of pyridine rings is 1. The SMILES string of the molecule is COC(=O)c1ccc(-n2c(C)cc(C3C(c4ccccn4)NC(=S)N3c3ccc(NS(C)(=O)=O)cc3)c2C)cc1. The number of ether oxygens (including phenoxy) is 1. The second-order valence-electron chi connectivity index (χ2n) is 9.62. The molecule has 0 saturated carbocycles. The van der Waals surface area contributed by atoms with Crippen molar-refractivity contribution in [3.8, 4) is 5.69 Å². The number of hydrogen-bond donors (Lipinski definition) is 2. The molecule has 4 aromatic rings. The van der Waals surface area contributed by atoms with Crippen LogP contribution in [0.4, 0.5) is 11.4 Å². The van der Waals surface area contributed by atoms with E-state index in [1.54, 1.807) is 30.5 Å². The highest BCUT2D eigenvalue weighted by Crippen LogP contribution is 2.44. The fourth-order valence-corrected chi connectivity index (χ4v) is 6.11. The van der Waals surface area contributed by atoms with Gasteiger partial charge in [-0.05, 0) is 98.4 Å². The van der Waals surface area contributed by atoms with Gasteiger partial charge in [-0.25, -0.2) is 13.2 Å². The Kier molecular flexibility index (Phi) is 7.35. The molecule has 3 heterocycles. The first-order chi connectivity index (χ1) is 19.1. The number of thiocarbonyl (C=S) groups is 1. The van der Waals surface area contributed by atoms with Gasteiger partial charge in [0.25, 0.3) is 0 Å². The van der Waals surface area contributed by atoms with Gasteiger partial charge in [-0.1, -0.05) is 6.07 Å². The normalized spacial score (nSPS) is 17.0. The van der Waals surface area contributed by atoms with Crippen molar-refractivity contribution < 1.29 is 17.9 Å². The molecule has 1 saturated heterocycles. The number of aromatic nitrogens is 2. The smallest absolute Gasteiger partial charge is 0.337 e. The number of methoxy groups -OCH3 is 1. The third-order valence-electron chi connectivity index (χ3n) is 6.88. The van der Waals surface area contributed by atoms with Crippen LogP contribution in [0, 0.1) is 13.8 Å². The summed E-state index contributed by atoms with van der Waals surface area (Å²) in [5.41, 5.74) is 6.61. The molecule has 1 aliphatic rings. The third kappa shape index (κ3) is 5.30. The molecule has 2 aromatic heterocycles. The van der Waals surface area contributed by atoms with Crippen molar-refractivity contribution in [3.63, 3.8) is 0 Å². The van der Waals surface area contributed by atoms with E-state index in [9.17, 15) is 13.2 Å². The van der Waals surface area contributed by atoms with Gasteiger partial charge in [0.15, 0.2) is 5.11 Å². The lowest BCUT2D eigenvalue weighted by Crippen LogP contribution is -2.29. The summed E-state index contributed by atoms with van der Waals surface area (Å²) in [4.78, 5) is 18.6. The van der Waals surface area contributed by atoms with Crippen molar-refractivity contribution in [2.45, 2.75) is 25.9 Å². The second kappa shape index (κ2) is 10.7. The van der Waals surface area contributed by atoms with Gasteiger partial charge in [0.2, 0.25) is 10.0 Å². The fourth-order valence-electron chi connectivity index (χ4n) is 5.20. The molecule has 2 atom stereocenters. The third-order valence-corrected chi connectivity index (χ3v) is 7.80. The minimum absolute atomic E-state index is 0.238. The molecule has 0 spiro atoms. The van der Waals surface area contributed by atoms with Crippen molar-refractivity contribution >= 4 is 44.7 Å². The van der Waals surface area contributed by atoms with Gasteiger partial charge >= 0.3 is 5.97 Å². The number of anilines is 2. The number of sulfonamides is 1. The van der Waals surface area contributed by atoms with Gasteiger partial charge in [0.1, 0.15) is 0 Å². The molecule has 1 aliphatic heterocycles. The van der Waals surface area contributed by atoms with Crippen molar-refractivity contribution in [2.75, 3.05) is 23.0 Å². The van der Waals surface area contributed by atoms with E-state index >= 15 is 0 Å². The minimum atomic E-state index is -3.40. The number of hydrogen-bond acceptors (Lipinski definition) is 6. The summed E-state index contributed by atoms with van der Waals surface area (Å²) in [6.45, 7) is 4.10. The van der Waals surface area contributed by atoms with Crippen LogP contribution in [0.1, 0.15) is 45.1 Å². The van der Waals surface area contributed by atoms with Crippen LogP contribution in [0.3, 0.4) is 0 Å². The average molecular weight is 576 g/mol. The zero-order chi connectivity index (χ0) is 28.6. The van der Waals surface area contributed by atoms with Crippen LogP contribution in [-0.4, -0.2) is 42.4 Å². The molecule has 2 aromatic carbocycles. The van der Waals surface area contributed by atoms with E-state index in [2.05, 4.69) is 32.6 Å². The summed E-state index contributed by atoms with van der Waals surface area (Å²) in [5, 5.41) is 4.00. The standard InChI is InChI=1S/C29H29N5O4S2/c1-18-17-24(19(2)33(18)22-12-8-20(9-13-22)28(35)38-3)27-26(25-7-5-6-16-30-25)31-29(39)34(27)23-14-10-21(11-15-23)32-40(4,36)37/h5-17,26-27,32H,1-4H3,(H,31,39). The van der Waals surface area contributed by atoms with E-state index in [1.807, 2.05) is 54.3 Å². The molecule has 2 unspecified atom stereocenters. The molecular weight excluding hydrogens is 546 g/mol. The summed E-state index contributed by atoms with van der Waals surface area (Å²) >= 11 is 5.85. The molecule has 0 bridgehead atoms. The minimum Gasteiger partial charge on any atom is -0.465 e. The first-order valence-electron chi connectivity index (χ1n) is 12.5. The van der Waals surface area contributed by atoms with Crippen LogP contribution >= 0.6 is 12.2 Å². The van der Waals surface area contributed by atoms with Gasteiger partial charge in [0, 0.05) is 34.6 Å². The molecule has 0 amide bonds. The highest BCUT2D eigenvalue weighted by Gasteiger charge is 2.42. The van der Waals surface area contributed by atoms with E-state index in [4.69, 9.17) is 17.0 Å². The number of esters is 1.